The predicted molar refractivity (Wildman–Crippen MR) is 70.5 cm³/mol. The van der Waals surface area contributed by atoms with E-state index in [0.717, 1.165) is 18.6 Å². The first-order valence-electron chi connectivity index (χ1n) is 6.91. The van der Waals surface area contributed by atoms with E-state index in [0.29, 0.717) is 19.1 Å². The van der Waals surface area contributed by atoms with Crippen LogP contribution in [0.15, 0.2) is 4.99 Å². The Morgan fingerprint density at radius 3 is 2.65 bits per heavy atom. The molecule has 0 radical (unpaired) electrons. The zero-order valence-electron chi connectivity index (χ0n) is 11.2. The largest absolute Gasteiger partial charge is 0.465 e. The number of carbonyl (C=O) groups is 1. The number of aliphatic imine (C=N–C) groups is 1. The Morgan fingerprint density at radius 1 is 1.29 bits per heavy atom. The van der Waals surface area contributed by atoms with Gasteiger partial charge in [0.15, 0.2) is 0 Å². The van der Waals surface area contributed by atoms with Gasteiger partial charge in [0.05, 0.1) is 13.0 Å². The van der Waals surface area contributed by atoms with Gasteiger partial charge in [-0.15, -0.1) is 0 Å². The monoisotopic (exact) mass is 239 g/mol. The number of nitrogens with zero attached hydrogens (tertiary/aromatic N) is 1. The highest BCUT2D eigenvalue weighted by Gasteiger charge is 2.13. The highest BCUT2D eigenvalue weighted by atomic mass is 16.5. The van der Waals surface area contributed by atoms with Gasteiger partial charge in [-0.25, -0.2) is 0 Å². The van der Waals surface area contributed by atoms with Gasteiger partial charge in [0, 0.05) is 11.8 Å². The van der Waals surface area contributed by atoms with Crippen molar-refractivity contribution in [2.75, 3.05) is 6.61 Å². The van der Waals surface area contributed by atoms with Gasteiger partial charge in [-0.3, -0.25) is 9.79 Å². The molecule has 1 aliphatic carbocycles. The summed E-state index contributed by atoms with van der Waals surface area (Å²) in [6.07, 6.45) is 8.63. The minimum atomic E-state index is -0.129. The van der Waals surface area contributed by atoms with Crippen LogP contribution < -0.4 is 0 Å². The molecule has 0 bridgehead atoms. The lowest BCUT2D eigenvalue weighted by atomic mass is 9.96. The van der Waals surface area contributed by atoms with Crippen LogP contribution >= 0.6 is 0 Å². The molecule has 0 aromatic rings. The van der Waals surface area contributed by atoms with Crippen molar-refractivity contribution in [2.45, 2.75) is 71.3 Å². The van der Waals surface area contributed by atoms with Crippen LogP contribution in [0.2, 0.25) is 0 Å². The fourth-order valence-corrected chi connectivity index (χ4v) is 2.16. The molecule has 0 aromatic carbocycles. The quantitative estimate of drug-likeness (QED) is 0.404. The Balaban J connectivity index is 2.24. The highest BCUT2D eigenvalue weighted by molar-refractivity contribution is 5.97. The molecule has 1 saturated carbocycles. The average Bonchev–Trinajstić information content (AvgIpc) is 2.30. The minimum absolute atomic E-state index is 0.129. The standard InChI is InChI=1S/C14H25NO2/c1-3-4-10-17-14(16)11-12(2)15-13-8-6-5-7-9-13/h13H,3-11H2,1-2H3/b15-12-. The molecule has 0 aliphatic heterocycles. The van der Waals surface area contributed by atoms with Crippen LogP contribution in [-0.2, 0) is 9.53 Å². The van der Waals surface area contributed by atoms with E-state index in [1.165, 1.54) is 32.1 Å². The lowest BCUT2D eigenvalue weighted by molar-refractivity contribution is -0.142. The first-order chi connectivity index (χ1) is 8.22. The van der Waals surface area contributed by atoms with E-state index in [1.54, 1.807) is 0 Å². The van der Waals surface area contributed by atoms with Crippen molar-refractivity contribution in [3.8, 4) is 0 Å². The van der Waals surface area contributed by atoms with Crippen LogP contribution in [-0.4, -0.2) is 24.3 Å². The van der Waals surface area contributed by atoms with Gasteiger partial charge < -0.3 is 4.74 Å². The number of rotatable bonds is 6. The summed E-state index contributed by atoms with van der Waals surface area (Å²) in [6, 6.07) is 0.451. The van der Waals surface area contributed by atoms with E-state index < -0.39 is 0 Å². The van der Waals surface area contributed by atoms with E-state index in [2.05, 4.69) is 11.9 Å². The van der Waals surface area contributed by atoms with E-state index in [1.807, 2.05) is 6.92 Å². The first kappa shape index (κ1) is 14.2. The third-order valence-corrected chi connectivity index (χ3v) is 3.14. The molecule has 0 atom stereocenters. The Morgan fingerprint density at radius 2 is 2.00 bits per heavy atom. The Kier molecular flexibility index (Phi) is 6.90. The lowest BCUT2D eigenvalue weighted by Gasteiger charge is -2.18. The smallest absolute Gasteiger partial charge is 0.311 e. The van der Waals surface area contributed by atoms with Crippen molar-refractivity contribution in [2.24, 2.45) is 4.99 Å². The molecule has 0 N–H and O–H groups in total. The zero-order chi connectivity index (χ0) is 12.5. The summed E-state index contributed by atoms with van der Waals surface area (Å²) in [6.45, 7) is 4.57. The molecule has 0 heterocycles. The topological polar surface area (TPSA) is 38.7 Å². The van der Waals surface area contributed by atoms with E-state index in [4.69, 9.17) is 4.74 Å². The van der Waals surface area contributed by atoms with Gasteiger partial charge in [0.25, 0.3) is 0 Å². The van der Waals surface area contributed by atoms with Crippen LogP contribution in [0.25, 0.3) is 0 Å². The molecule has 0 aromatic heterocycles. The molecular weight excluding hydrogens is 214 g/mol. The van der Waals surface area contributed by atoms with Gasteiger partial charge in [0.1, 0.15) is 0 Å². The zero-order valence-corrected chi connectivity index (χ0v) is 11.2. The van der Waals surface area contributed by atoms with Gasteiger partial charge in [-0.1, -0.05) is 32.6 Å². The highest BCUT2D eigenvalue weighted by Crippen LogP contribution is 2.20. The van der Waals surface area contributed by atoms with Crippen LogP contribution in [0, 0.1) is 0 Å². The van der Waals surface area contributed by atoms with E-state index in [-0.39, 0.29) is 5.97 Å². The maximum absolute atomic E-state index is 11.5. The van der Waals surface area contributed by atoms with Crippen molar-refractivity contribution >= 4 is 11.7 Å². The summed E-state index contributed by atoms with van der Waals surface area (Å²) >= 11 is 0. The van der Waals surface area contributed by atoms with Crippen LogP contribution in [0.4, 0.5) is 0 Å². The molecule has 1 aliphatic rings. The Hall–Kier alpha value is -0.860. The van der Waals surface area contributed by atoms with Crippen molar-refractivity contribution in [3.05, 3.63) is 0 Å². The third kappa shape index (κ3) is 6.44. The Labute approximate surface area is 105 Å². The summed E-state index contributed by atoms with van der Waals surface area (Å²) in [7, 11) is 0. The fourth-order valence-electron chi connectivity index (χ4n) is 2.16. The molecule has 0 spiro atoms. The molecule has 3 nitrogen and oxygen atoms in total. The first-order valence-corrected chi connectivity index (χ1v) is 6.91. The average molecular weight is 239 g/mol. The molecular formula is C14H25NO2. The van der Waals surface area contributed by atoms with Gasteiger partial charge in [0.2, 0.25) is 0 Å². The van der Waals surface area contributed by atoms with Gasteiger partial charge >= 0.3 is 5.97 Å². The third-order valence-electron chi connectivity index (χ3n) is 3.14. The summed E-state index contributed by atoms with van der Waals surface area (Å²) in [5.41, 5.74) is 0.929. The minimum Gasteiger partial charge on any atom is -0.465 e. The van der Waals surface area contributed by atoms with Gasteiger partial charge in [-0.05, 0) is 26.2 Å². The van der Waals surface area contributed by atoms with Crippen molar-refractivity contribution in [3.63, 3.8) is 0 Å². The molecule has 98 valence electrons. The van der Waals surface area contributed by atoms with Crippen LogP contribution in [0.3, 0.4) is 0 Å². The van der Waals surface area contributed by atoms with Crippen molar-refractivity contribution in [1.82, 2.24) is 0 Å². The number of esters is 1. The molecule has 0 amide bonds. The SMILES string of the molecule is CCCCOC(=O)C/C(C)=N\C1CCCCC1. The van der Waals surface area contributed by atoms with Crippen molar-refractivity contribution < 1.29 is 9.53 Å². The van der Waals surface area contributed by atoms with E-state index >= 15 is 0 Å². The molecule has 0 unspecified atom stereocenters. The second-order valence-electron chi connectivity index (χ2n) is 4.91. The van der Waals surface area contributed by atoms with Crippen LogP contribution in [0.5, 0.6) is 0 Å². The molecule has 3 heteroatoms. The Bertz CT molecular complexity index is 255. The second-order valence-corrected chi connectivity index (χ2v) is 4.91. The second kappa shape index (κ2) is 8.26. The van der Waals surface area contributed by atoms with Crippen molar-refractivity contribution in [1.29, 1.82) is 0 Å². The normalized spacial score (nSPS) is 18.1. The number of unbranched alkanes of at least 4 members (excludes halogenated alkanes) is 1. The summed E-state index contributed by atoms with van der Waals surface area (Å²) in [5.74, 6) is -0.129. The lowest BCUT2D eigenvalue weighted by Crippen LogP contribution is -2.15. The maximum atomic E-state index is 11.5. The summed E-state index contributed by atoms with van der Waals surface area (Å²) in [5, 5.41) is 0. The summed E-state index contributed by atoms with van der Waals surface area (Å²) in [4.78, 5) is 16.1. The van der Waals surface area contributed by atoms with Gasteiger partial charge in [-0.2, -0.15) is 0 Å². The summed E-state index contributed by atoms with van der Waals surface area (Å²) < 4.78 is 5.12. The molecule has 17 heavy (non-hydrogen) atoms. The molecule has 1 fully saturated rings. The number of hydrogen-bond donors (Lipinski definition) is 0. The molecule has 1 rings (SSSR count). The fraction of sp³-hybridized carbons (Fsp3) is 0.857. The number of carbonyl (C=O) groups excluding carboxylic acids is 1. The molecule has 0 saturated heterocycles. The predicted octanol–water partition coefficient (Wildman–Crippen LogP) is 3.51. The number of hydrogen-bond acceptors (Lipinski definition) is 3. The van der Waals surface area contributed by atoms with Crippen LogP contribution in [0.1, 0.15) is 65.2 Å². The number of ether oxygens (including phenoxy) is 1. The van der Waals surface area contributed by atoms with E-state index in [9.17, 15) is 4.79 Å². The maximum Gasteiger partial charge on any atom is 0.311 e.